The van der Waals surface area contributed by atoms with Crippen molar-refractivity contribution in [3.63, 3.8) is 0 Å². The second kappa shape index (κ2) is 5.21. The van der Waals surface area contributed by atoms with Crippen molar-refractivity contribution >= 4 is 0 Å². The first-order valence-electron chi connectivity index (χ1n) is 4.93. The number of halogens is 3. The Bertz CT molecular complexity index is 350. The standard InChI is InChI=1S/C11H14F3NO/c1-16-10-7-8(3-2-6-15)4-5-9(10)11(12,13)14/h4-5,7H,2-3,6,15H2,1H3. The van der Waals surface area contributed by atoms with Crippen LogP contribution in [-0.4, -0.2) is 13.7 Å². The van der Waals surface area contributed by atoms with Gasteiger partial charge in [0, 0.05) is 0 Å². The van der Waals surface area contributed by atoms with Crippen molar-refractivity contribution in [1.82, 2.24) is 0 Å². The number of methoxy groups -OCH3 is 1. The SMILES string of the molecule is COc1cc(CCCN)ccc1C(F)(F)F. The summed E-state index contributed by atoms with van der Waals surface area (Å²) in [6, 6.07) is 3.92. The molecule has 0 aliphatic rings. The van der Waals surface area contributed by atoms with Gasteiger partial charge in [-0.3, -0.25) is 0 Å². The van der Waals surface area contributed by atoms with Crippen LogP contribution in [0.15, 0.2) is 18.2 Å². The molecule has 0 aromatic heterocycles. The molecule has 2 N–H and O–H groups in total. The molecule has 2 nitrogen and oxygen atoms in total. The van der Waals surface area contributed by atoms with Crippen LogP contribution in [0.3, 0.4) is 0 Å². The number of hydrogen-bond donors (Lipinski definition) is 1. The quantitative estimate of drug-likeness (QED) is 0.867. The molecule has 0 bridgehead atoms. The van der Waals surface area contributed by atoms with Crippen LogP contribution in [-0.2, 0) is 12.6 Å². The van der Waals surface area contributed by atoms with Gasteiger partial charge in [-0.2, -0.15) is 13.2 Å². The Hall–Kier alpha value is -1.23. The van der Waals surface area contributed by atoms with Crippen molar-refractivity contribution in [3.8, 4) is 5.75 Å². The highest BCUT2D eigenvalue weighted by molar-refractivity contribution is 5.39. The summed E-state index contributed by atoms with van der Waals surface area (Å²) in [4.78, 5) is 0. The van der Waals surface area contributed by atoms with Gasteiger partial charge in [-0.05, 0) is 37.1 Å². The van der Waals surface area contributed by atoms with Gasteiger partial charge in [0.05, 0.1) is 12.7 Å². The highest BCUT2D eigenvalue weighted by atomic mass is 19.4. The predicted octanol–water partition coefficient (Wildman–Crippen LogP) is 2.61. The second-order valence-corrected chi connectivity index (χ2v) is 3.42. The molecule has 0 aliphatic carbocycles. The number of aryl methyl sites for hydroxylation is 1. The number of benzene rings is 1. The molecule has 1 rings (SSSR count). The van der Waals surface area contributed by atoms with E-state index in [1.54, 1.807) is 0 Å². The first-order valence-corrected chi connectivity index (χ1v) is 4.93. The Morgan fingerprint density at radius 1 is 1.31 bits per heavy atom. The average molecular weight is 233 g/mol. The minimum atomic E-state index is -4.38. The van der Waals surface area contributed by atoms with E-state index >= 15 is 0 Å². The minimum Gasteiger partial charge on any atom is -0.496 e. The van der Waals surface area contributed by atoms with Crippen LogP contribution in [0.1, 0.15) is 17.5 Å². The zero-order valence-electron chi connectivity index (χ0n) is 8.97. The zero-order chi connectivity index (χ0) is 12.2. The van der Waals surface area contributed by atoms with Crippen molar-refractivity contribution in [2.24, 2.45) is 5.73 Å². The molecule has 0 saturated heterocycles. The molecule has 0 spiro atoms. The van der Waals surface area contributed by atoms with Crippen LogP contribution in [0, 0.1) is 0 Å². The van der Waals surface area contributed by atoms with Gasteiger partial charge in [0.25, 0.3) is 0 Å². The Morgan fingerprint density at radius 3 is 2.50 bits per heavy atom. The molecular weight excluding hydrogens is 219 g/mol. The van der Waals surface area contributed by atoms with Crippen molar-refractivity contribution in [2.45, 2.75) is 19.0 Å². The molecular formula is C11H14F3NO. The van der Waals surface area contributed by atoms with Gasteiger partial charge in [-0.1, -0.05) is 6.07 Å². The fourth-order valence-electron chi connectivity index (χ4n) is 1.43. The van der Waals surface area contributed by atoms with Crippen LogP contribution >= 0.6 is 0 Å². The largest absolute Gasteiger partial charge is 0.496 e. The van der Waals surface area contributed by atoms with E-state index in [9.17, 15) is 13.2 Å². The Labute approximate surface area is 92.2 Å². The maximum Gasteiger partial charge on any atom is 0.419 e. The summed E-state index contributed by atoms with van der Waals surface area (Å²) in [6.07, 6.45) is -2.97. The van der Waals surface area contributed by atoms with Crippen LogP contribution < -0.4 is 10.5 Å². The molecule has 1 aromatic rings. The van der Waals surface area contributed by atoms with Gasteiger partial charge < -0.3 is 10.5 Å². The van der Waals surface area contributed by atoms with E-state index in [0.717, 1.165) is 18.1 Å². The van der Waals surface area contributed by atoms with Gasteiger partial charge in [0.2, 0.25) is 0 Å². The number of rotatable bonds is 4. The highest BCUT2D eigenvalue weighted by Crippen LogP contribution is 2.36. The molecule has 0 aliphatic heterocycles. The van der Waals surface area contributed by atoms with E-state index in [1.807, 2.05) is 0 Å². The molecule has 1 aromatic carbocycles. The second-order valence-electron chi connectivity index (χ2n) is 3.42. The number of hydrogen-bond acceptors (Lipinski definition) is 2. The molecule has 0 fully saturated rings. The summed E-state index contributed by atoms with van der Waals surface area (Å²) in [5.41, 5.74) is 5.39. The van der Waals surface area contributed by atoms with Crippen molar-refractivity contribution < 1.29 is 17.9 Å². The van der Waals surface area contributed by atoms with E-state index < -0.39 is 11.7 Å². The number of alkyl halides is 3. The highest BCUT2D eigenvalue weighted by Gasteiger charge is 2.34. The van der Waals surface area contributed by atoms with E-state index in [4.69, 9.17) is 10.5 Å². The van der Waals surface area contributed by atoms with E-state index in [2.05, 4.69) is 0 Å². The lowest BCUT2D eigenvalue weighted by Crippen LogP contribution is -2.08. The Kier molecular flexibility index (Phi) is 4.18. The average Bonchev–Trinajstić information content (AvgIpc) is 2.24. The van der Waals surface area contributed by atoms with Crippen LogP contribution in [0.5, 0.6) is 5.75 Å². The summed E-state index contributed by atoms with van der Waals surface area (Å²) < 4.78 is 42.3. The van der Waals surface area contributed by atoms with E-state index in [1.165, 1.54) is 19.2 Å². The van der Waals surface area contributed by atoms with Crippen molar-refractivity contribution in [3.05, 3.63) is 29.3 Å². The fraction of sp³-hybridized carbons (Fsp3) is 0.455. The Morgan fingerprint density at radius 2 is 2.00 bits per heavy atom. The molecule has 0 radical (unpaired) electrons. The topological polar surface area (TPSA) is 35.2 Å². The summed E-state index contributed by atoms with van der Waals surface area (Å²) in [6.45, 7) is 0.517. The fourth-order valence-corrected chi connectivity index (χ4v) is 1.43. The molecule has 0 heterocycles. The number of nitrogens with two attached hydrogens (primary N) is 1. The minimum absolute atomic E-state index is 0.137. The maximum absolute atomic E-state index is 12.5. The maximum atomic E-state index is 12.5. The summed E-state index contributed by atoms with van der Waals surface area (Å²) >= 11 is 0. The molecule has 0 unspecified atom stereocenters. The summed E-state index contributed by atoms with van der Waals surface area (Å²) in [7, 11) is 1.23. The Balaban J connectivity index is 2.98. The molecule has 0 amide bonds. The normalized spacial score (nSPS) is 11.6. The lowest BCUT2D eigenvalue weighted by molar-refractivity contribution is -0.138. The number of ether oxygens (including phenoxy) is 1. The smallest absolute Gasteiger partial charge is 0.419 e. The monoisotopic (exact) mass is 233 g/mol. The lowest BCUT2D eigenvalue weighted by Gasteiger charge is -2.13. The molecule has 0 atom stereocenters. The van der Waals surface area contributed by atoms with Gasteiger partial charge in [-0.25, -0.2) is 0 Å². The zero-order valence-corrected chi connectivity index (χ0v) is 8.97. The van der Waals surface area contributed by atoms with Crippen LogP contribution in [0.2, 0.25) is 0 Å². The van der Waals surface area contributed by atoms with Crippen LogP contribution in [0.4, 0.5) is 13.2 Å². The van der Waals surface area contributed by atoms with Gasteiger partial charge in [0.15, 0.2) is 0 Å². The third kappa shape index (κ3) is 3.13. The van der Waals surface area contributed by atoms with Gasteiger partial charge in [0.1, 0.15) is 5.75 Å². The molecule has 5 heteroatoms. The van der Waals surface area contributed by atoms with E-state index in [-0.39, 0.29) is 5.75 Å². The first kappa shape index (κ1) is 12.8. The molecule has 90 valence electrons. The van der Waals surface area contributed by atoms with Gasteiger partial charge in [-0.15, -0.1) is 0 Å². The third-order valence-corrected chi connectivity index (χ3v) is 2.24. The van der Waals surface area contributed by atoms with Crippen molar-refractivity contribution in [2.75, 3.05) is 13.7 Å². The van der Waals surface area contributed by atoms with E-state index in [0.29, 0.717) is 13.0 Å². The third-order valence-electron chi connectivity index (χ3n) is 2.24. The van der Waals surface area contributed by atoms with Crippen molar-refractivity contribution in [1.29, 1.82) is 0 Å². The van der Waals surface area contributed by atoms with Crippen LogP contribution in [0.25, 0.3) is 0 Å². The molecule has 0 saturated carbocycles. The van der Waals surface area contributed by atoms with Gasteiger partial charge >= 0.3 is 6.18 Å². The lowest BCUT2D eigenvalue weighted by atomic mass is 10.1. The first-order chi connectivity index (χ1) is 7.49. The summed E-state index contributed by atoms with van der Waals surface area (Å²) in [5.74, 6) is -0.137. The predicted molar refractivity (Wildman–Crippen MR) is 55.4 cm³/mol. The summed E-state index contributed by atoms with van der Waals surface area (Å²) in [5, 5.41) is 0. The molecule has 16 heavy (non-hydrogen) atoms.